The third kappa shape index (κ3) is 5.34. The summed E-state index contributed by atoms with van der Waals surface area (Å²) in [5.74, 6) is 1.04. The molecule has 0 radical (unpaired) electrons. The van der Waals surface area contributed by atoms with E-state index in [-0.39, 0.29) is 22.1 Å². The summed E-state index contributed by atoms with van der Waals surface area (Å²) < 4.78 is 32.8. The van der Waals surface area contributed by atoms with Gasteiger partial charge in [0.15, 0.2) is 0 Å². The third-order valence-corrected chi connectivity index (χ3v) is 8.28. The minimum atomic E-state index is -3.48. The molecule has 0 saturated carbocycles. The standard InChI is InChI=1S/C18H23ClN2O4S2/c1-13(11-15-3-2-10-25-15)20-17(22)12-14-6-8-21(9-7-14)27(23,24)18-5-4-16(19)26-18/h2-5,10,13-14H,6-9,11-12H2,1H3,(H,20,22)/t13-/m1/s1. The van der Waals surface area contributed by atoms with Crippen molar-refractivity contribution < 1.29 is 17.6 Å². The Balaban J connectivity index is 1.45. The van der Waals surface area contributed by atoms with Crippen molar-refractivity contribution in [2.75, 3.05) is 13.1 Å². The summed E-state index contributed by atoms with van der Waals surface area (Å²) in [7, 11) is -3.48. The molecular formula is C18H23ClN2O4S2. The van der Waals surface area contributed by atoms with Gasteiger partial charge in [-0.3, -0.25) is 4.79 Å². The summed E-state index contributed by atoms with van der Waals surface area (Å²) in [5, 5.41) is 2.99. The van der Waals surface area contributed by atoms with Crippen LogP contribution in [0.15, 0.2) is 39.2 Å². The summed E-state index contributed by atoms with van der Waals surface area (Å²) in [4.78, 5) is 12.3. The molecule has 1 fully saturated rings. The number of carbonyl (C=O) groups is 1. The van der Waals surface area contributed by atoms with Crippen molar-refractivity contribution in [2.24, 2.45) is 5.92 Å². The van der Waals surface area contributed by atoms with Gasteiger partial charge >= 0.3 is 0 Å². The number of nitrogens with one attached hydrogen (secondary N) is 1. The van der Waals surface area contributed by atoms with Crippen LogP contribution in [-0.2, 0) is 21.2 Å². The normalized spacial score (nSPS) is 17.7. The van der Waals surface area contributed by atoms with E-state index < -0.39 is 10.0 Å². The smallest absolute Gasteiger partial charge is 0.252 e. The first-order chi connectivity index (χ1) is 12.8. The Bertz CT molecular complexity index is 856. The van der Waals surface area contributed by atoms with Gasteiger partial charge in [-0.1, -0.05) is 11.6 Å². The van der Waals surface area contributed by atoms with Crippen molar-refractivity contribution in [2.45, 2.75) is 42.9 Å². The van der Waals surface area contributed by atoms with Crippen molar-refractivity contribution in [1.29, 1.82) is 0 Å². The van der Waals surface area contributed by atoms with Gasteiger partial charge in [-0.05, 0) is 49.9 Å². The lowest BCUT2D eigenvalue weighted by molar-refractivity contribution is -0.122. The molecule has 1 N–H and O–H groups in total. The topological polar surface area (TPSA) is 79.6 Å². The average Bonchev–Trinajstić information content (AvgIpc) is 3.27. The van der Waals surface area contributed by atoms with Gasteiger partial charge < -0.3 is 9.73 Å². The molecule has 0 aliphatic carbocycles. The van der Waals surface area contributed by atoms with Crippen LogP contribution in [0, 0.1) is 5.92 Å². The highest BCUT2D eigenvalue weighted by atomic mass is 35.5. The number of thiophene rings is 1. The van der Waals surface area contributed by atoms with Gasteiger partial charge in [0.2, 0.25) is 5.91 Å². The van der Waals surface area contributed by atoms with Gasteiger partial charge in [0.1, 0.15) is 9.97 Å². The zero-order chi connectivity index (χ0) is 19.4. The van der Waals surface area contributed by atoms with Gasteiger partial charge in [0.05, 0.1) is 10.6 Å². The number of hydrogen-bond donors (Lipinski definition) is 1. The molecule has 27 heavy (non-hydrogen) atoms. The molecule has 1 saturated heterocycles. The first-order valence-electron chi connectivity index (χ1n) is 8.92. The van der Waals surface area contributed by atoms with Crippen LogP contribution in [0.25, 0.3) is 0 Å². The molecule has 148 valence electrons. The highest BCUT2D eigenvalue weighted by molar-refractivity contribution is 7.91. The molecule has 3 rings (SSSR count). The third-order valence-electron chi connectivity index (χ3n) is 4.69. The van der Waals surface area contributed by atoms with E-state index in [2.05, 4.69) is 5.32 Å². The second-order valence-corrected chi connectivity index (χ2v) is 10.7. The molecule has 2 aromatic heterocycles. The lowest BCUT2D eigenvalue weighted by atomic mass is 9.94. The number of carbonyl (C=O) groups excluding carboxylic acids is 1. The maximum Gasteiger partial charge on any atom is 0.252 e. The van der Waals surface area contributed by atoms with Crippen molar-refractivity contribution >= 4 is 38.9 Å². The molecule has 9 heteroatoms. The van der Waals surface area contributed by atoms with Crippen molar-refractivity contribution in [3.63, 3.8) is 0 Å². The summed E-state index contributed by atoms with van der Waals surface area (Å²) >= 11 is 6.93. The first-order valence-corrected chi connectivity index (χ1v) is 11.6. The van der Waals surface area contributed by atoms with Crippen LogP contribution in [0.4, 0.5) is 0 Å². The Morgan fingerprint density at radius 1 is 1.37 bits per heavy atom. The maximum atomic E-state index is 12.6. The monoisotopic (exact) mass is 430 g/mol. The molecule has 2 aromatic rings. The molecule has 6 nitrogen and oxygen atoms in total. The fraction of sp³-hybridized carbons (Fsp3) is 0.500. The van der Waals surface area contributed by atoms with E-state index in [9.17, 15) is 13.2 Å². The average molecular weight is 431 g/mol. The van der Waals surface area contributed by atoms with Crippen LogP contribution in [0.2, 0.25) is 4.34 Å². The Morgan fingerprint density at radius 2 is 2.11 bits per heavy atom. The molecule has 1 amide bonds. The van der Waals surface area contributed by atoms with Crippen LogP contribution < -0.4 is 5.32 Å². The predicted molar refractivity (Wildman–Crippen MR) is 105 cm³/mol. The van der Waals surface area contributed by atoms with Gasteiger partial charge in [0, 0.05) is 32.0 Å². The van der Waals surface area contributed by atoms with Crippen molar-refractivity contribution in [3.8, 4) is 0 Å². The fourth-order valence-electron chi connectivity index (χ4n) is 3.29. The zero-order valence-corrected chi connectivity index (χ0v) is 17.4. The number of piperidine rings is 1. The number of amides is 1. The number of halogens is 1. The van der Waals surface area contributed by atoms with Crippen LogP contribution in [0.5, 0.6) is 0 Å². The van der Waals surface area contributed by atoms with E-state index in [1.165, 1.54) is 4.31 Å². The van der Waals surface area contributed by atoms with E-state index >= 15 is 0 Å². The number of hydrogen-bond acceptors (Lipinski definition) is 5. The van der Waals surface area contributed by atoms with E-state index in [0.29, 0.717) is 43.1 Å². The molecule has 1 atom stereocenters. The minimum Gasteiger partial charge on any atom is -0.469 e. The second-order valence-electron chi connectivity index (χ2n) is 6.86. The lowest BCUT2D eigenvalue weighted by Crippen LogP contribution is -2.40. The van der Waals surface area contributed by atoms with Crippen molar-refractivity contribution in [1.82, 2.24) is 9.62 Å². The van der Waals surface area contributed by atoms with E-state index in [1.54, 1.807) is 18.4 Å². The van der Waals surface area contributed by atoms with Crippen LogP contribution in [0.3, 0.4) is 0 Å². The highest BCUT2D eigenvalue weighted by Crippen LogP contribution is 2.31. The minimum absolute atomic E-state index is 0.000372. The van der Waals surface area contributed by atoms with Gasteiger partial charge in [-0.2, -0.15) is 4.31 Å². The summed E-state index contributed by atoms with van der Waals surface area (Å²) in [6, 6.07) is 6.85. The Hall–Kier alpha value is -1.35. The Kier molecular flexibility index (Phi) is 6.62. The number of rotatable bonds is 7. The molecule has 3 heterocycles. The van der Waals surface area contributed by atoms with Crippen LogP contribution >= 0.6 is 22.9 Å². The SMILES string of the molecule is C[C@H](Cc1ccco1)NC(=O)CC1CCN(S(=O)(=O)c2ccc(Cl)s2)CC1. The zero-order valence-electron chi connectivity index (χ0n) is 15.1. The van der Waals surface area contributed by atoms with Crippen molar-refractivity contribution in [3.05, 3.63) is 40.6 Å². The molecule has 1 aliphatic heterocycles. The quantitative estimate of drug-likeness (QED) is 0.728. The summed E-state index contributed by atoms with van der Waals surface area (Å²) in [6.45, 7) is 2.80. The molecule has 0 aromatic carbocycles. The van der Waals surface area contributed by atoms with E-state index in [0.717, 1.165) is 17.1 Å². The largest absolute Gasteiger partial charge is 0.469 e. The number of nitrogens with zero attached hydrogens (tertiary/aromatic N) is 1. The Morgan fingerprint density at radius 3 is 2.70 bits per heavy atom. The first kappa shape index (κ1) is 20.4. The van der Waals surface area contributed by atoms with Gasteiger partial charge in [-0.25, -0.2) is 8.42 Å². The van der Waals surface area contributed by atoms with Gasteiger partial charge in [0.25, 0.3) is 10.0 Å². The molecule has 0 spiro atoms. The molecule has 0 bridgehead atoms. The molecule has 1 aliphatic rings. The molecular weight excluding hydrogens is 408 g/mol. The number of sulfonamides is 1. The summed E-state index contributed by atoms with van der Waals surface area (Å²) in [5.41, 5.74) is 0. The lowest BCUT2D eigenvalue weighted by Gasteiger charge is -2.30. The molecule has 0 unspecified atom stereocenters. The maximum absolute atomic E-state index is 12.6. The predicted octanol–water partition coefficient (Wildman–Crippen LogP) is 3.53. The van der Waals surface area contributed by atoms with Gasteiger partial charge in [-0.15, -0.1) is 11.3 Å². The fourth-order valence-corrected chi connectivity index (χ4v) is 6.40. The van der Waals surface area contributed by atoms with Crippen LogP contribution in [-0.4, -0.2) is 37.8 Å². The highest BCUT2D eigenvalue weighted by Gasteiger charge is 2.31. The Labute approximate surface area is 168 Å². The summed E-state index contributed by atoms with van der Waals surface area (Å²) in [6.07, 6.45) is 4.05. The van der Waals surface area contributed by atoms with E-state index in [1.807, 2.05) is 19.1 Å². The van der Waals surface area contributed by atoms with Crippen LogP contribution in [0.1, 0.15) is 31.9 Å². The number of furan rings is 1. The van der Waals surface area contributed by atoms with E-state index in [4.69, 9.17) is 16.0 Å². The second kappa shape index (κ2) is 8.77.